The molecule has 1 aromatic heterocycles. The summed E-state index contributed by atoms with van der Waals surface area (Å²) in [5, 5.41) is 4.61. The van der Waals surface area contributed by atoms with Gasteiger partial charge in [-0.05, 0) is 6.42 Å². The molecule has 1 fully saturated rings. The minimum absolute atomic E-state index is 0.526. The number of nitrogens with zero attached hydrogens (tertiary/aromatic N) is 2. The topological polar surface area (TPSA) is 53.1 Å². The van der Waals surface area contributed by atoms with Gasteiger partial charge in [0, 0.05) is 19.1 Å². The van der Waals surface area contributed by atoms with Gasteiger partial charge in [-0.1, -0.05) is 11.6 Å². The maximum atomic E-state index is 5.78. The molecular weight excluding hydrogens is 190 g/mol. The van der Waals surface area contributed by atoms with Crippen LogP contribution < -0.4 is 5.73 Å². The number of nitrogens with two attached hydrogens (primary N) is 1. The van der Waals surface area contributed by atoms with Crippen molar-refractivity contribution >= 4 is 17.4 Å². The summed E-state index contributed by atoms with van der Waals surface area (Å²) in [5.74, 6) is 1.08. The van der Waals surface area contributed by atoms with E-state index in [-0.39, 0.29) is 0 Å². The normalized spacial score (nSPS) is 22.4. The molecule has 1 aliphatic heterocycles. The standard InChI is InChI=1S/C8H12ClN3O/c9-7-3-11-12(8(7)10)4-6-1-2-13-5-6/h3,6H,1-2,4-5,10H2. The van der Waals surface area contributed by atoms with Gasteiger partial charge in [0.05, 0.1) is 12.8 Å². The minimum Gasteiger partial charge on any atom is -0.383 e. The van der Waals surface area contributed by atoms with Gasteiger partial charge < -0.3 is 10.5 Å². The largest absolute Gasteiger partial charge is 0.383 e. The predicted molar refractivity (Wildman–Crippen MR) is 50.6 cm³/mol. The van der Waals surface area contributed by atoms with Crippen LogP contribution >= 0.6 is 11.6 Å². The molecule has 1 unspecified atom stereocenters. The first-order chi connectivity index (χ1) is 6.27. The molecule has 13 heavy (non-hydrogen) atoms. The van der Waals surface area contributed by atoms with Gasteiger partial charge in [0.2, 0.25) is 0 Å². The molecule has 1 aromatic rings. The lowest BCUT2D eigenvalue weighted by molar-refractivity contribution is 0.181. The summed E-state index contributed by atoms with van der Waals surface area (Å²) in [7, 11) is 0. The van der Waals surface area contributed by atoms with E-state index in [2.05, 4.69) is 5.10 Å². The molecule has 0 aromatic carbocycles. The summed E-state index contributed by atoms with van der Waals surface area (Å²) in [4.78, 5) is 0. The summed E-state index contributed by atoms with van der Waals surface area (Å²) >= 11 is 5.78. The molecule has 1 aliphatic rings. The lowest BCUT2D eigenvalue weighted by Crippen LogP contribution is -2.13. The Bertz CT molecular complexity index is 294. The maximum Gasteiger partial charge on any atom is 0.140 e. The number of hydrogen-bond donors (Lipinski definition) is 1. The molecule has 5 heteroatoms. The van der Waals surface area contributed by atoms with Gasteiger partial charge in [-0.15, -0.1) is 0 Å². The van der Waals surface area contributed by atoms with Crippen LogP contribution in [0.15, 0.2) is 6.20 Å². The van der Waals surface area contributed by atoms with Crippen molar-refractivity contribution in [3.63, 3.8) is 0 Å². The monoisotopic (exact) mass is 201 g/mol. The Morgan fingerprint density at radius 1 is 1.77 bits per heavy atom. The molecule has 0 bridgehead atoms. The highest BCUT2D eigenvalue weighted by Crippen LogP contribution is 2.20. The van der Waals surface area contributed by atoms with Crippen LogP contribution in [0.4, 0.5) is 5.82 Å². The number of anilines is 1. The minimum atomic E-state index is 0.526. The Morgan fingerprint density at radius 3 is 3.15 bits per heavy atom. The van der Waals surface area contributed by atoms with Crippen LogP contribution in [0.3, 0.4) is 0 Å². The third kappa shape index (κ3) is 1.78. The lowest BCUT2D eigenvalue weighted by atomic mass is 10.1. The number of aromatic nitrogens is 2. The summed E-state index contributed by atoms with van der Waals surface area (Å²) in [6, 6.07) is 0. The summed E-state index contributed by atoms with van der Waals surface area (Å²) < 4.78 is 7.00. The van der Waals surface area contributed by atoms with Crippen molar-refractivity contribution in [3.8, 4) is 0 Å². The molecule has 0 spiro atoms. The quantitative estimate of drug-likeness (QED) is 0.781. The summed E-state index contributed by atoms with van der Waals surface area (Å²) in [6.45, 7) is 2.45. The van der Waals surface area contributed by atoms with Crippen molar-refractivity contribution in [1.82, 2.24) is 9.78 Å². The van der Waals surface area contributed by atoms with Crippen LogP contribution in [-0.2, 0) is 11.3 Å². The number of hydrogen-bond acceptors (Lipinski definition) is 3. The van der Waals surface area contributed by atoms with Gasteiger partial charge in [0.25, 0.3) is 0 Å². The van der Waals surface area contributed by atoms with Crippen molar-refractivity contribution in [2.75, 3.05) is 18.9 Å². The van der Waals surface area contributed by atoms with E-state index in [1.165, 1.54) is 0 Å². The van der Waals surface area contributed by atoms with E-state index in [9.17, 15) is 0 Å². The van der Waals surface area contributed by atoms with E-state index in [0.29, 0.717) is 16.8 Å². The Morgan fingerprint density at radius 2 is 2.62 bits per heavy atom. The average molecular weight is 202 g/mol. The zero-order chi connectivity index (χ0) is 9.26. The second-order valence-corrected chi connectivity index (χ2v) is 3.70. The van der Waals surface area contributed by atoms with E-state index < -0.39 is 0 Å². The van der Waals surface area contributed by atoms with E-state index >= 15 is 0 Å². The highest BCUT2D eigenvalue weighted by atomic mass is 35.5. The zero-order valence-electron chi connectivity index (χ0n) is 7.24. The fraction of sp³-hybridized carbons (Fsp3) is 0.625. The molecule has 0 radical (unpaired) electrons. The molecular formula is C8H12ClN3O. The second kappa shape index (κ2) is 3.55. The van der Waals surface area contributed by atoms with E-state index in [4.69, 9.17) is 22.1 Å². The molecule has 0 amide bonds. The molecule has 0 saturated carbocycles. The van der Waals surface area contributed by atoms with Gasteiger partial charge in [-0.2, -0.15) is 5.10 Å². The lowest BCUT2D eigenvalue weighted by Gasteiger charge is -2.08. The summed E-state index contributed by atoms with van der Waals surface area (Å²) in [6.07, 6.45) is 2.66. The van der Waals surface area contributed by atoms with Crippen molar-refractivity contribution in [2.24, 2.45) is 5.92 Å². The molecule has 2 heterocycles. The Labute approximate surface area is 81.6 Å². The van der Waals surface area contributed by atoms with E-state index in [1.54, 1.807) is 10.9 Å². The van der Waals surface area contributed by atoms with Crippen molar-refractivity contribution in [3.05, 3.63) is 11.2 Å². The predicted octanol–water partition coefficient (Wildman–Crippen LogP) is 1.16. The molecule has 0 aliphatic carbocycles. The second-order valence-electron chi connectivity index (χ2n) is 3.29. The highest BCUT2D eigenvalue weighted by Gasteiger charge is 2.17. The first-order valence-corrected chi connectivity index (χ1v) is 4.69. The average Bonchev–Trinajstić information content (AvgIpc) is 2.71. The molecule has 1 atom stereocenters. The van der Waals surface area contributed by atoms with Crippen molar-refractivity contribution in [1.29, 1.82) is 0 Å². The van der Waals surface area contributed by atoms with Crippen LogP contribution in [-0.4, -0.2) is 23.0 Å². The zero-order valence-corrected chi connectivity index (χ0v) is 8.00. The number of halogens is 1. The van der Waals surface area contributed by atoms with Gasteiger partial charge in [0.1, 0.15) is 10.8 Å². The Kier molecular flexibility index (Phi) is 2.42. The fourth-order valence-corrected chi connectivity index (χ4v) is 1.63. The number of rotatable bonds is 2. The van der Waals surface area contributed by atoms with Crippen molar-refractivity contribution in [2.45, 2.75) is 13.0 Å². The molecule has 4 nitrogen and oxygen atoms in total. The SMILES string of the molecule is Nc1c(Cl)cnn1CC1CCOC1. The van der Waals surface area contributed by atoms with Crippen LogP contribution in [0, 0.1) is 5.92 Å². The highest BCUT2D eigenvalue weighted by molar-refractivity contribution is 6.32. The number of nitrogen functional groups attached to an aromatic ring is 1. The first kappa shape index (κ1) is 8.84. The maximum absolute atomic E-state index is 5.78. The molecule has 72 valence electrons. The van der Waals surface area contributed by atoms with Gasteiger partial charge >= 0.3 is 0 Å². The van der Waals surface area contributed by atoms with Crippen LogP contribution in [0.1, 0.15) is 6.42 Å². The van der Waals surface area contributed by atoms with Gasteiger partial charge in [-0.25, -0.2) is 4.68 Å². The van der Waals surface area contributed by atoms with Gasteiger partial charge in [-0.3, -0.25) is 0 Å². The van der Waals surface area contributed by atoms with E-state index in [1.807, 2.05) is 0 Å². The molecule has 2 N–H and O–H groups in total. The fourth-order valence-electron chi connectivity index (χ4n) is 1.49. The van der Waals surface area contributed by atoms with E-state index in [0.717, 1.165) is 26.2 Å². The first-order valence-electron chi connectivity index (χ1n) is 4.32. The summed E-state index contributed by atoms with van der Waals surface area (Å²) in [5.41, 5.74) is 5.71. The number of ether oxygens (including phenoxy) is 1. The van der Waals surface area contributed by atoms with Crippen LogP contribution in [0.25, 0.3) is 0 Å². The third-order valence-corrected chi connectivity index (χ3v) is 2.58. The Hall–Kier alpha value is -0.740. The smallest absolute Gasteiger partial charge is 0.140 e. The van der Waals surface area contributed by atoms with Crippen LogP contribution in [0.5, 0.6) is 0 Å². The van der Waals surface area contributed by atoms with Crippen LogP contribution in [0.2, 0.25) is 5.02 Å². The Balaban J connectivity index is 2.04. The molecule has 2 rings (SSSR count). The third-order valence-electron chi connectivity index (χ3n) is 2.29. The van der Waals surface area contributed by atoms with Gasteiger partial charge in [0.15, 0.2) is 0 Å². The molecule has 1 saturated heterocycles. The van der Waals surface area contributed by atoms with Crippen molar-refractivity contribution < 1.29 is 4.74 Å².